The zero-order valence-electron chi connectivity index (χ0n) is 11.7. The van der Waals surface area contributed by atoms with Crippen LogP contribution in [0, 0.1) is 0 Å². The van der Waals surface area contributed by atoms with Gasteiger partial charge in [0.1, 0.15) is 0 Å². The molecule has 2 nitrogen and oxygen atoms in total. The van der Waals surface area contributed by atoms with E-state index in [1.165, 1.54) is 12.5 Å². The number of hydrogen-bond acceptors (Lipinski definition) is 2. The van der Waals surface area contributed by atoms with Gasteiger partial charge in [0.2, 0.25) is 0 Å². The monoisotopic (exact) mass is 286 g/mol. The largest absolute Gasteiger partial charge is 0.416 e. The summed E-state index contributed by atoms with van der Waals surface area (Å²) in [5.41, 5.74) is 6.16. The summed E-state index contributed by atoms with van der Waals surface area (Å²) in [6.07, 6.45) is 1.14. The fourth-order valence-corrected chi connectivity index (χ4v) is 2.94. The summed E-state index contributed by atoms with van der Waals surface area (Å²) >= 11 is 0. The Bertz CT molecular complexity index is 455. The van der Waals surface area contributed by atoms with Crippen molar-refractivity contribution in [3.63, 3.8) is 0 Å². The highest BCUT2D eigenvalue weighted by Gasteiger charge is 2.32. The van der Waals surface area contributed by atoms with Crippen molar-refractivity contribution in [3.8, 4) is 0 Å². The van der Waals surface area contributed by atoms with E-state index in [-0.39, 0.29) is 5.69 Å². The standard InChI is InChI=1S/C15H21F3N2/c1-2-5-12-6-3-4-9-20(12)14-8-7-11(10-13(14)19)15(16,17)18/h7-8,10,12H,2-6,9,19H2,1H3. The molecule has 1 fully saturated rings. The van der Waals surface area contributed by atoms with Gasteiger partial charge in [-0.2, -0.15) is 13.2 Å². The second kappa shape index (κ2) is 5.94. The van der Waals surface area contributed by atoms with Gasteiger partial charge in [-0.3, -0.25) is 0 Å². The molecule has 1 aliphatic heterocycles. The molecule has 112 valence electrons. The first-order valence-electron chi connectivity index (χ1n) is 7.17. The highest BCUT2D eigenvalue weighted by Crippen LogP contribution is 2.36. The lowest BCUT2D eigenvalue weighted by Gasteiger charge is -2.38. The maximum Gasteiger partial charge on any atom is 0.416 e. The van der Waals surface area contributed by atoms with E-state index < -0.39 is 11.7 Å². The maximum atomic E-state index is 12.7. The van der Waals surface area contributed by atoms with Crippen LogP contribution in [0.2, 0.25) is 0 Å². The fourth-order valence-electron chi connectivity index (χ4n) is 2.94. The molecule has 2 rings (SSSR count). The molecule has 0 saturated carbocycles. The molecule has 0 amide bonds. The first-order chi connectivity index (χ1) is 9.43. The number of piperidine rings is 1. The van der Waals surface area contributed by atoms with Gasteiger partial charge in [0.25, 0.3) is 0 Å². The predicted molar refractivity (Wildman–Crippen MR) is 75.7 cm³/mol. The number of halogens is 3. The maximum absolute atomic E-state index is 12.7. The van der Waals surface area contributed by atoms with Crippen LogP contribution in [-0.4, -0.2) is 12.6 Å². The highest BCUT2D eigenvalue weighted by molar-refractivity contribution is 5.69. The number of alkyl halides is 3. The van der Waals surface area contributed by atoms with Crippen molar-refractivity contribution in [3.05, 3.63) is 23.8 Å². The number of benzene rings is 1. The average Bonchev–Trinajstić information content (AvgIpc) is 2.39. The SMILES string of the molecule is CCCC1CCCCN1c1ccc(C(F)(F)F)cc1N. The van der Waals surface area contributed by atoms with Gasteiger partial charge in [0.05, 0.1) is 16.9 Å². The molecule has 0 bridgehead atoms. The molecule has 1 saturated heterocycles. The Morgan fingerprint density at radius 2 is 2.05 bits per heavy atom. The predicted octanol–water partition coefficient (Wildman–Crippen LogP) is 4.45. The van der Waals surface area contributed by atoms with Crippen LogP contribution in [0.25, 0.3) is 0 Å². The molecule has 1 atom stereocenters. The van der Waals surface area contributed by atoms with Crippen LogP contribution >= 0.6 is 0 Å². The number of rotatable bonds is 3. The molecule has 0 aliphatic carbocycles. The van der Waals surface area contributed by atoms with Crippen LogP contribution in [0.5, 0.6) is 0 Å². The van der Waals surface area contributed by atoms with Crippen LogP contribution in [0.4, 0.5) is 24.5 Å². The van der Waals surface area contributed by atoms with Gasteiger partial charge in [-0.05, 0) is 43.9 Å². The summed E-state index contributed by atoms with van der Waals surface area (Å²) in [6, 6.07) is 4.09. The molecule has 0 radical (unpaired) electrons. The summed E-state index contributed by atoms with van der Waals surface area (Å²) in [5, 5.41) is 0. The van der Waals surface area contributed by atoms with E-state index in [0.29, 0.717) is 6.04 Å². The fraction of sp³-hybridized carbons (Fsp3) is 0.600. The van der Waals surface area contributed by atoms with Crippen molar-refractivity contribution in [2.24, 2.45) is 0 Å². The van der Waals surface area contributed by atoms with Gasteiger partial charge in [-0.25, -0.2) is 0 Å². The van der Waals surface area contributed by atoms with Crippen LogP contribution < -0.4 is 10.6 Å². The molecule has 0 spiro atoms. The third-order valence-electron chi connectivity index (χ3n) is 3.91. The van der Waals surface area contributed by atoms with Crippen molar-refractivity contribution in [1.29, 1.82) is 0 Å². The van der Waals surface area contributed by atoms with E-state index in [2.05, 4.69) is 11.8 Å². The molecule has 2 N–H and O–H groups in total. The highest BCUT2D eigenvalue weighted by atomic mass is 19.4. The van der Waals surface area contributed by atoms with Crippen LogP contribution in [0.1, 0.15) is 44.6 Å². The number of anilines is 2. The minimum Gasteiger partial charge on any atom is -0.397 e. The van der Waals surface area contributed by atoms with Crippen molar-refractivity contribution in [2.75, 3.05) is 17.2 Å². The molecule has 1 aromatic carbocycles. The summed E-state index contributed by atoms with van der Waals surface area (Å²) in [4.78, 5) is 2.18. The normalized spacial score (nSPS) is 20.2. The van der Waals surface area contributed by atoms with E-state index in [4.69, 9.17) is 5.73 Å². The second-order valence-electron chi connectivity index (χ2n) is 5.40. The number of nitrogens with two attached hydrogens (primary N) is 1. The Morgan fingerprint density at radius 1 is 1.30 bits per heavy atom. The van der Waals surface area contributed by atoms with E-state index >= 15 is 0 Å². The number of nitrogens with zero attached hydrogens (tertiary/aromatic N) is 1. The summed E-state index contributed by atoms with van der Waals surface area (Å²) in [6.45, 7) is 3.00. The van der Waals surface area contributed by atoms with Gasteiger partial charge in [0, 0.05) is 12.6 Å². The van der Waals surface area contributed by atoms with Gasteiger partial charge in [-0.15, -0.1) is 0 Å². The van der Waals surface area contributed by atoms with Crippen molar-refractivity contribution >= 4 is 11.4 Å². The summed E-state index contributed by atoms with van der Waals surface area (Å²) in [5.74, 6) is 0. The quantitative estimate of drug-likeness (QED) is 0.832. The lowest BCUT2D eigenvalue weighted by atomic mass is 9.97. The number of nitrogen functional groups attached to an aromatic ring is 1. The third kappa shape index (κ3) is 3.19. The zero-order chi connectivity index (χ0) is 14.8. The van der Waals surface area contributed by atoms with Crippen LogP contribution in [0.15, 0.2) is 18.2 Å². The van der Waals surface area contributed by atoms with Gasteiger partial charge in [0.15, 0.2) is 0 Å². The van der Waals surface area contributed by atoms with E-state index in [1.54, 1.807) is 0 Å². The second-order valence-corrected chi connectivity index (χ2v) is 5.40. The Balaban J connectivity index is 2.27. The van der Waals surface area contributed by atoms with E-state index in [0.717, 1.165) is 50.0 Å². The minimum absolute atomic E-state index is 0.225. The first-order valence-corrected chi connectivity index (χ1v) is 7.17. The topological polar surface area (TPSA) is 29.3 Å². The molecular weight excluding hydrogens is 265 g/mol. The third-order valence-corrected chi connectivity index (χ3v) is 3.91. The molecule has 1 unspecified atom stereocenters. The Morgan fingerprint density at radius 3 is 2.65 bits per heavy atom. The van der Waals surface area contributed by atoms with Crippen molar-refractivity contribution in [2.45, 2.75) is 51.2 Å². The smallest absolute Gasteiger partial charge is 0.397 e. The average molecular weight is 286 g/mol. The van der Waals surface area contributed by atoms with Gasteiger partial charge >= 0.3 is 6.18 Å². The minimum atomic E-state index is -4.34. The van der Waals surface area contributed by atoms with Gasteiger partial charge in [-0.1, -0.05) is 13.3 Å². The first kappa shape index (κ1) is 15.0. The van der Waals surface area contributed by atoms with Gasteiger partial charge < -0.3 is 10.6 Å². The molecule has 1 aromatic rings. The molecular formula is C15H21F3N2. The zero-order valence-corrected chi connectivity index (χ0v) is 11.7. The Labute approximate surface area is 117 Å². The lowest BCUT2D eigenvalue weighted by molar-refractivity contribution is -0.137. The van der Waals surface area contributed by atoms with Crippen molar-refractivity contribution < 1.29 is 13.2 Å². The summed E-state index contributed by atoms with van der Waals surface area (Å²) in [7, 11) is 0. The van der Waals surface area contributed by atoms with E-state index in [1.807, 2.05) is 0 Å². The molecule has 20 heavy (non-hydrogen) atoms. The Hall–Kier alpha value is -1.39. The Kier molecular flexibility index (Phi) is 4.45. The lowest BCUT2D eigenvalue weighted by Crippen LogP contribution is -2.39. The van der Waals surface area contributed by atoms with Crippen LogP contribution in [-0.2, 0) is 6.18 Å². The molecule has 1 heterocycles. The molecule has 1 aliphatic rings. The van der Waals surface area contributed by atoms with Crippen molar-refractivity contribution in [1.82, 2.24) is 0 Å². The number of hydrogen-bond donors (Lipinski definition) is 1. The van der Waals surface area contributed by atoms with E-state index in [9.17, 15) is 13.2 Å². The molecule has 5 heteroatoms. The molecule has 0 aromatic heterocycles. The van der Waals surface area contributed by atoms with Crippen LogP contribution in [0.3, 0.4) is 0 Å². The summed E-state index contributed by atoms with van der Waals surface area (Å²) < 4.78 is 38.0.